The highest BCUT2D eigenvalue weighted by molar-refractivity contribution is 5.92. The van der Waals surface area contributed by atoms with Crippen LogP contribution in [-0.4, -0.2) is 36.5 Å². The number of esters is 1. The van der Waals surface area contributed by atoms with Crippen molar-refractivity contribution in [2.75, 3.05) is 19.7 Å². The predicted molar refractivity (Wildman–Crippen MR) is 86.4 cm³/mol. The first-order valence-corrected chi connectivity index (χ1v) is 8.12. The minimum atomic E-state index is -4.41. The fourth-order valence-electron chi connectivity index (χ4n) is 2.69. The fraction of sp³-hybridized carbons (Fsp3) is 0.444. The summed E-state index contributed by atoms with van der Waals surface area (Å²) in [6, 6.07) is 4.79. The predicted octanol–water partition coefficient (Wildman–Crippen LogP) is 3.52. The van der Waals surface area contributed by atoms with E-state index in [-0.39, 0.29) is 17.8 Å². The van der Waals surface area contributed by atoms with Crippen LogP contribution in [0.1, 0.15) is 30.9 Å². The normalized spacial score (nSPS) is 16.2. The van der Waals surface area contributed by atoms with Gasteiger partial charge < -0.3 is 9.64 Å². The summed E-state index contributed by atoms with van der Waals surface area (Å²) in [5.41, 5.74) is -0.443. The first kappa shape index (κ1) is 19.0. The summed E-state index contributed by atoms with van der Waals surface area (Å²) in [6.45, 7) is 2.93. The van der Waals surface area contributed by atoms with Crippen molar-refractivity contribution in [1.29, 1.82) is 0 Å². The van der Waals surface area contributed by atoms with Crippen molar-refractivity contribution in [3.8, 4) is 0 Å². The number of hydrogen-bond acceptors (Lipinski definition) is 3. The second kappa shape index (κ2) is 8.18. The third-order valence-corrected chi connectivity index (χ3v) is 4.06. The quantitative estimate of drug-likeness (QED) is 0.613. The van der Waals surface area contributed by atoms with Crippen LogP contribution in [0.2, 0.25) is 0 Å². The zero-order chi connectivity index (χ0) is 18.4. The van der Waals surface area contributed by atoms with Gasteiger partial charge in [0.2, 0.25) is 5.91 Å². The van der Waals surface area contributed by atoms with Crippen LogP contribution >= 0.6 is 0 Å². The van der Waals surface area contributed by atoms with Crippen LogP contribution in [0.15, 0.2) is 30.3 Å². The zero-order valence-electron chi connectivity index (χ0n) is 13.9. The molecule has 1 amide bonds. The van der Waals surface area contributed by atoms with Gasteiger partial charge in [0.05, 0.1) is 18.1 Å². The van der Waals surface area contributed by atoms with Gasteiger partial charge in [-0.3, -0.25) is 9.59 Å². The van der Waals surface area contributed by atoms with Gasteiger partial charge in [0.15, 0.2) is 0 Å². The molecule has 0 N–H and O–H groups in total. The maximum absolute atomic E-state index is 12.7. The topological polar surface area (TPSA) is 46.6 Å². The SMILES string of the molecule is CCOC(=O)C1CCN(C(=O)/C=C/c2cccc(C(F)(F)F)c2)CC1. The molecule has 2 rings (SSSR count). The van der Waals surface area contributed by atoms with E-state index >= 15 is 0 Å². The molecule has 1 heterocycles. The number of amides is 1. The molecule has 1 aliphatic heterocycles. The molecule has 1 saturated heterocycles. The van der Waals surface area contributed by atoms with Crippen molar-refractivity contribution < 1.29 is 27.5 Å². The van der Waals surface area contributed by atoms with Gasteiger partial charge in [-0.1, -0.05) is 12.1 Å². The molecule has 0 aliphatic carbocycles. The van der Waals surface area contributed by atoms with Gasteiger partial charge in [-0.25, -0.2) is 0 Å². The Balaban J connectivity index is 1.93. The van der Waals surface area contributed by atoms with Crippen LogP contribution < -0.4 is 0 Å². The van der Waals surface area contributed by atoms with Crippen molar-refractivity contribution in [3.63, 3.8) is 0 Å². The molecular weight excluding hydrogens is 335 g/mol. The Hall–Kier alpha value is -2.31. The van der Waals surface area contributed by atoms with E-state index in [1.165, 1.54) is 24.3 Å². The van der Waals surface area contributed by atoms with Crippen LogP contribution in [0.25, 0.3) is 6.08 Å². The number of carbonyl (C=O) groups excluding carboxylic acids is 2. The Kier molecular flexibility index (Phi) is 6.22. The summed E-state index contributed by atoms with van der Waals surface area (Å²) in [5, 5.41) is 0. The van der Waals surface area contributed by atoms with Crippen molar-refractivity contribution in [3.05, 3.63) is 41.5 Å². The summed E-state index contributed by atoms with van der Waals surface area (Å²) in [6.07, 6.45) is -0.720. The maximum Gasteiger partial charge on any atom is 0.416 e. The van der Waals surface area contributed by atoms with Crippen molar-refractivity contribution in [2.24, 2.45) is 5.92 Å². The largest absolute Gasteiger partial charge is 0.466 e. The highest BCUT2D eigenvalue weighted by atomic mass is 19.4. The van der Waals surface area contributed by atoms with Crippen LogP contribution in [-0.2, 0) is 20.5 Å². The van der Waals surface area contributed by atoms with E-state index in [4.69, 9.17) is 4.74 Å². The number of likely N-dealkylation sites (tertiary alicyclic amines) is 1. The summed E-state index contributed by atoms with van der Waals surface area (Å²) >= 11 is 0. The molecule has 4 nitrogen and oxygen atoms in total. The average Bonchev–Trinajstić information content (AvgIpc) is 2.59. The Morgan fingerprint density at radius 3 is 2.56 bits per heavy atom. The molecule has 1 aromatic rings. The van der Waals surface area contributed by atoms with Gasteiger partial charge in [0.25, 0.3) is 0 Å². The first-order valence-electron chi connectivity index (χ1n) is 8.12. The summed E-state index contributed by atoms with van der Waals surface area (Å²) in [4.78, 5) is 25.4. The van der Waals surface area contributed by atoms with Crippen LogP contribution in [0, 0.1) is 5.92 Å². The molecule has 0 aromatic heterocycles. The molecule has 0 unspecified atom stereocenters. The van der Waals surface area contributed by atoms with Gasteiger partial charge in [-0.15, -0.1) is 0 Å². The molecule has 136 valence electrons. The molecule has 0 radical (unpaired) electrons. The summed E-state index contributed by atoms with van der Waals surface area (Å²) in [7, 11) is 0. The first-order chi connectivity index (χ1) is 11.8. The summed E-state index contributed by atoms with van der Waals surface area (Å²) in [5.74, 6) is -0.717. The van der Waals surface area contributed by atoms with E-state index in [9.17, 15) is 22.8 Å². The molecule has 1 fully saturated rings. The van der Waals surface area contributed by atoms with E-state index in [0.29, 0.717) is 38.1 Å². The van der Waals surface area contributed by atoms with E-state index < -0.39 is 11.7 Å². The number of ether oxygens (including phenoxy) is 1. The van der Waals surface area contributed by atoms with Crippen molar-refractivity contribution in [1.82, 2.24) is 4.90 Å². The van der Waals surface area contributed by atoms with Gasteiger partial charge in [0.1, 0.15) is 0 Å². The van der Waals surface area contributed by atoms with E-state index in [1.807, 2.05) is 0 Å². The summed E-state index contributed by atoms with van der Waals surface area (Å²) < 4.78 is 43.0. The molecule has 0 bridgehead atoms. The third-order valence-electron chi connectivity index (χ3n) is 4.06. The number of rotatable bonds is 4. The third kappa shape index (κ3) is 5.34. The average molecular weight is 355 g/mol. The second-order valence-corrected chi connectivity index (χ2v) is 5.81. The molecule has 25 heavy (non-hydrogen) atoms. The highest BCUT2D eigenvalue weighted by Gasteiger charge is 2.30. The van der Waals surface area contributed by atoms with Gasteiger partial charge in [-0.2, -0.15) is 13.2 Å². The Morgan fingerprint density at radius 2 is 1.96 bits per heavy atom. The number of hydrogen-bond donors (Lipinski definition) is 0. The van der Waals surface area contributed by atoms with Crippen LogP contribution in [0.3, 0.4) is 0 Å². The van der Waals surface area contributed by atoms with E-state index in [2.05, 4.69) is 0 Å². The van der Waals surface area contributed by atoms with Crippen molar-refractivity contribution in [2.45, 2.75) is 25.9 Å². The Morgan fingerprint density at radius 1 is 1.28 bits per heavy atom. The van der Waals surface area contributed by atoms with Crippen LogP contribution in [0.5, 0.6) is 0 Å². The number of piperidine rings is 1. The van der Waals surface area contributed by atoms with Crippen LogP contribution in [0.4, 0.5) is 13.2 Å². The van der Waals surface area contributed by atoms with E-state index in [0.717, 1.165) is 12.1 Å². The standard InChI is InChI=1S/C18H20F3NO3/c1-2-25-17(24)14-8-10-22(11-9-14)16(23)7-6-13-4-3-5-15(12-13)18(19,20)21/h3-7,12,14H,2,8-11H2,1H3/b7-6+. The lowest BCUT2D eigenvalue weighted by Gasteiger charge is -2.30. The number of halogens is 3. The molecule has 0 atom stereocenters. The zero-order valence-corrected chi connectivity index (χ0v) is 13.9. The lowest BCUT2D eigenvalue weighted by molar-refractivity contribution is -0.150. The Bertz CT molecular complexity index is 647. The lowest BCUT2D eigenvalue weighted by atomic mass is 9.97. The second-order valence-electron chi connectivity index (χ2n) is 5.81. The molecule has 0 saturated carbocycles. The van der Waals surface area contributed by atoms with E-state index in [1.54, 1.807) is 11.8 Å². The monoisotopic (exact) mass is 355 g/mol. The maximum atomic E-state index is 12.7. The molecular formula is C18H20F3NO3. The number of carbonyl (C=O) groups is 2. The van der Waals surface area contributed by atoms with Crippen molar-refractivity contribution >= 4 is 18.0 Å². The van der Waals surface area contributed by atoms with Gasteiger partial charge >= 0.3 is 12.1 Å². The Labute approximate surface area is 144 Å². The minimum absolute atomic E-state index is 0.198. The molecule has 7 heteroatoms. The lowest BCUT2D eigenvalue weighted by Crippen LogP contribution is -2.39. The number of benzene rings is 1. The van der Waals surface area contributed by atoms with Gasteiger partial charge in [0, 0.05) is 19.2 Å². The molecule has 0 spiro atoms. The minimum Gasteiger partial charge on any atom is -0.466 e. The number of nitrogens with zero attached hydrogens (tertiary/aromatic N) is 1. The smallest absolute Gasteiger partial charge is 0.416 e. The fourth-order valence-corrected chi connectivity index (χ4v) is 2.69. The molecule has 1 aliphatic rings. The number of alkyl halides is 3. The van der Waals surface area contributed by atoms with Gasteiger partial charge in [-0.05, 0) is 43.5 Å². The molecule has 1 aromatic carbocycles. The highest BCUT2D eigenvalue weighted by Crippen LogP contribution is 2.29.